The Morgan fingerprint density at radius 1 is 0.495 bits per heavy atom. The van der Waals surface area contributed by atoms with Crippen molar-refractivity contribution in [3.05, 3.63) is 0 Å². The molecule has 0 aromatic heterocycles. The molecule has 1 rings (SSSR count). The first kappa shape index (κ1) is 108. The average Bonchev–Trinajstić information content (AvgIpc) is 0.832. The van der Waals surface area contributed by atoms with E-state index in [0.717, 1.165) is 31.1 Å². The lowest BCUT2D eigenvalue weighted by Gasteiger charge is -2.39. The number of carbonyl (C=O) groups excluding carboxylic acids is 14. The van der Waals surface area contributed by atoms with Crippen LogP contribution in [0.4, 0.5) is 8.78 Å². The molecule has 0 bridgehead atoms. The zero-order valence-corrected chi connectivity index (χ0v) is 61.4. The predicted octanol–water partition coefficient (Wildman–Crippen LogP) is -3.85. The third-order valence-electron chi connectivity index (χ3n) is 12.3. The SMILES string of the molecule is CC(=O)NC(CON)C(N)=O.CC(=O)NC(CON)C(N)=O.CC(=O)NC(CON)C(N)=O.CC(=O)NC(CON=C(C)C)C(N)=O.CC(C)=O.CC=NOCC(NC(C)=O)C(N)=O.CC=O.CCC1OC(O)C([18F])C(C)C1C.CC[C@@H](C)[C@@H](C)[C@H](C)[C@@H]([18F])/C=N/OCC(NC(C)=O)C(N)=O. The summed E-state index contributed by atoms with van der Waals surface area (Å²) in [6.45, 7) is 30.4. The topological polar surface area (TPSA) is 667 Å². The number of hydrogen-bond acceptors (Lipinski definition) is 28. The van der Waals surface area contributed by atoms with E-state index in [9.17, 15) is 76.2 Å². The van der Waals surface area contributed by atoms with Crippen LogP contribution in [0.25, 0.3) is 0 Å². The van der Waals surface area contributed by atoms with Crippen LogP contribution in [0.5, 0.6) is 0 Å². The molecule has 1 aliphatic rings. The summed E-state index contributed by atoms with van der Waals surface area (Å²) in [4.78, 5) is 172. The Kier molecular flexibility index (Phi) is 71.4. The van der Waals surface area contributed by atoms with E-state index in [1.54, 1.807) is 20.8 Å². The number of nitrogens with zero attached hydrogens (tertiary/aromatic N) is 3. The van der Waals surface area contributed by atoms with Gasteiger partial charge in [0.15, 0.2) is 12.5 Å². The van der Waals surface area contributed by atoms with Gasteiger partial charge in [-0.1, -0.05) is 70.4 Å². The normalized spacial score (nSPS) is 17.4. The first-order valence-electron chi connectivity index (χ1n) is 30.9. The first-order chi connectivity index (χ1) is 46.7. The molecule has 42 heteroatoms. The molecule has 15 atom stereocenters. The van der Waals surface area contributed by atoms with Crippen molar-refractivity contribution in [2.75, 3.05) is 39.6 Å². The second kappa shape index (κ2) is 66.8. The van der Waals surface area contributed by atoms with Crippen molar-refractivity contribution in [1.29, 1.82) is 0 Å². The molecule has 0 aromatic rings. The van der Waals surface area contributed by atoms with Crippen molar-refractivity contribution in [2.24, 2.45) is 97.1 Å². The number of nitrogens with one attached hydrogen (secondary N) is 6. The highest BCUT2D eigenvalue weighted by atomic mass is 18.2. The molecule has 11 unspecified atom stereocenters. The lowest BCUT2D eigenvalue weighted by molar-refractivity contribution is -0.231. The smallest absolute Gasteiger partial charge is 0.243 e. The van der Waals surface area contributed by atoms with Gasteiger partial charge in [-0.15, -0.1) is 0 Å². The minimum atomic E-state index is -1.24. The number of nitrogens with two attached hydrogens (primary N) is 9. The summed E-state index contributed by atoms with van der Waals surface area (Å²) in [6.07, 6.45) is 1.38. The molecule has 101 heavy (non-hydrogen) atoms. The van der Waals surface area contributed by atoms with Crippen molar-refractivity contribution < 1.29 is 115 Å². The molecule has 40 nitrogen and oxygen atoms in total. The summed E-state index contributed by atoms with van der Waals surface area (Å²) in [5.41, 5.74) is 30.5. The van der Waals surface area contributed by atoms with Gasteiger partial charge in [0.25, 0.3) is 0 Å². The van der Waals surface area contributed by atoms with E-state index in [2.05, 4.69) is 98.3 Å². The van der Waals surface area contributed by atoms with Crippen molar-refractivity contribution in [1.82, 2.24) is 31.9 Å². The molecule has 12 amide bonds. The number of aliphatic hydroxyl groups excluding tert-OH is 1. The third kappa shape index (κ3) is 69.2. The summed E-state index contributed by atoms with van der Waals surface area (Å²) in [5, 5.41) is 33.5. The van der Waals surface area contributed by atoms with Gasteiger partial charge in [-0.05, 0) is 77.6 Å². The summed E-state index contributed by atoms with van der Waals surface area (Å²) in [5.74, 6) is 8.52. The fourth-order valence-electron chi connectivity index (χ4n) is 6.63. The number of primary amides is 6. The second-order valence-corrected chi connectivity index (χ2v) is 21.8. The van der Waals surface area contributed by atoms with Crippen LogP contribution in [0.3, 0.4) is 0 Å². The molecule has 1 fully saturated rings. The Labute approximate surface area is 588 Å². The van der Waals surface area contributed by atoms with Gasteiger partial charge in [-0.25, -0.2) is 26.5 Å². The van der Waals surface area contributed by atoms with Gasteiger partial charge in [0.05, 0.1) is 37.9 Å². The minimum Gasteiger partial charge on any atom is -0.393 e. The quantitative estimate of drug-likeness (QED) is 0.0170. The van der Waals surface area contributed by atoms with Crippen LogP contribution in [0, 0.1) is 29.6 Å². The van der Waals surface area contributed by atoms with Crippen LogP contribution in [0.1, 0.15) is 144 Å². The van der Waals surface area contributed by atoms with Crippen LogP contribution in [0.2, 0.25) is 0 Å². The highest BCUT2D eigenvalue weighted by Crippen LogP contribution is 2.33. The van der Waals surface area contributed by atoms with Gasteiger partial charge < -0.3 is 115 Å². The van der Waals surface area contributed by atoms with E-state index < -0.39 is 96.2 Å². The molecule has 0 saturated carbocycles. The van der Waals surface area contributed by atoms with Crippen LogP contribution in [0.15, 0.2) is 15.5 Å². The van der Waals surface area contributed by atoms with Crippen molar-refractivity contribution in [3.8, 4) is 0 Å². The number of oxime groups is 3. The Bertz CT molecular complexity index is 2410. The number of carbonyl (C=O) groups is 14. The lowest BCUT2D eigenvalue weighted by atomic mass is 9.81. The maximum absolute atomic E-state index is 14.0. The van der Waals surface area contributed by atoms with Gasteiger partial charge in [0.2, 0.25) is 70.9 Å². The monoisotopic (exact) mass is 1460 g/mol. The van der Waals surface area contributed by atoms with Gasteiger partial charge in [-0.2, -0.15) is 0 Å². The number of Topliss-reactive ketones (excluding diaryl/α,β-unsaturated/α-hetero) is 1. The zero-order chi connectivity index (χ0) is 80.8. The zero-order valence-electron chi connectivity index (χ0n) is 61.4. The fourth-order valence-corrected chi connectivity index (χ4v) is 6.63. The van der Waals surface area contributed by atoms with E-state index in [-0.39, 0.29) is 105 Å². The number of ketones is 1. The highest BCUT2D eigenvalue weighted by molar-refractivity contribution is 5.88. The number of aliphatic hydroxyl groups is 1. The number of alkyl halides is 2. The number of hydrogen-bond donors (Lipinski definition) is 16. The van der Waals surface area contributed by atoms with E-state index in [0.29, 0.717) is 5.92 Å². The molecule has 25 N–H and O–H groups in total. The third-order valence-corrected chi connectivity index (χ3v) is 12.3. The number of rotatable bonds is 33. The second-order valence-electron chi connectivity index (χ2n) is 21.8. The van der Waals surface area contributed by atoms with Crippen LogP contribution >= 0.6 is 0 Å². The van der Waals surface area contributed by atoms with Crippen LogP contribution in [-0.4, -0.2) is 207 Å². The molecule has 0 radical (unpaired) electrons. The molecule has 0 aromatic carbocycles. The molecular formula is C59H116F2N18O22. The van der Waals surface area contributed by atoms with Gasteiger partial charge in [0.1, 0.15) is 74.3 Å². The summed E-state index contributed by atoms with van der Waals surface area (Å²) < 4.78 is 32.3. The van der Waals surface area contributed by atoms with Gasteiger partial charge in [0, 0.05) is 47.8 Å². The maximum Gasteiger partial charge on any atom is 0.243 e. The van der Waals surface area contributed by atoms with Crippen molar-refractivity contribution in [3.63, 3.8) is 0 Å². The number of aldehydes is 1. The fraction of sp³-hybridized carbons (Fsp3) is 0.712. The van der Waals surface area contributed by atoms with E-state index >= 15 is 0 Å². The van der Waals surface area contributed by atoms with Crippen LogP contribution < -0.4 is 84.0 Å². The van der Waals surface area contributed by atoms with Crippen molar-refractivity contribution >= 4 is 101 Å². The average molecular weight is 1470 g/mol. The largest absolute Gasteiger partial charge is 0.393 e. The minimum absolute atomic E-state index is 0.00185. The maximum atomic E-state index is 14.0. The number of ether oxygens (including phenoxy) is 1. The summed E-state index contributed by atoms with van der Waals surface area (Å²) in [7, 11) is 0. The van der Waals surface area contributed by atoms with Gasteiger partial charge in [-0.3, -0.25) is 57.5 Å². The first-order valence-corrected chi connectivity index (χ1v) is 30.9. The van der Waals surface area contributed by atoms with Crippen LogP contribution in [-0.2, 0) is 101 Å². The Balaban J connectivity index is -0.000000166. The molecule has 588 valence electrons. The molecule has 1 heterocycles. The van der Waals surface area contributed by atoms with E-state index in [4.69, 9.17) is 53.6 Å². The standard InChI is InChI=1S/C15H28FN3O3.C9H17FO2.C8H15N3O3.C7H13N3O3.3C5H11N3O3.C3H6O.C2H4O/c1-6-9(2)10(3)11(4)13(16)7-18-22-8-14(15(17)21)19-12(5)20;1-4-7-5(2)6(3)8(10)9(11)12-7;1-5(2)11-14-4-7(8(9)13)10-6(3)12;1-3-9-13-4-6(7(8)12)10-5(2)11;3*1-3(9)8-4(2-11-7)5(6)10;1-3(2)4;1-2-3/h7,9-11,13-14H,6,8H2,1-5H3,(H2,17,21)(H,19,20);5-9,11H,4H2,1-3H3;7H,4H2,1-3H3,(H2,9,13)(H,10,12);3,6H,4H2,1-2H3,(H2,8,12)(H,10,11);3*4H,2,7H2,1H3,(H2,6,10)(H,8,9);1-2H3;2H,1H3/b18-7+;;;;;;;;/t9-,10-,11+,13+,14?;;;;;;;;/m1......../s1/i16-1;10-1;;;;;;;. The predicted molar refractivity (Wildman–Crippen MR) is 366 cm³/mol. The Morgan fingerprint density at radius 3 is 0.990 bits per heavy atom. The summed E-state index contributed by atoms with van der Waals surface area (Å²) in [6, 6.07) is -5.20. The highest BCUT2D eigenvalue weighted by Gasteiger charge is 2.40. The summed E-state index contributed by atoms with van der Waals surface area (Å²) >= 11 is 0. The number of amides is 12. The molecule has 0 aliphatic carbocycles. The Hall–Kier alpha value is -9.07. The Morgan fingerprint density at radius 2 is 0.762 bits per heavy atom. The lowest BCUT2D eigenvalue weighted by Crippen LogP contribution is -2.47. The number of halogens is 2. The van der Waals surface area contributed by atoms with Crippen molar-refractivity contribution in [2.45, 2.75) is 205 Å². The molecule has 0 spiro atoms. The van der Waals surface area contributed by atoms with Gasteiger partial charge >= 0.3 is 0 Å². The van der Waals surface area contributed by atoms with E-state index in [1.165, 1.54) is 68.5 Å². The molecule has 1 aliphatic heterocycles. The molecular weight excluding hydrogens is 1350 g/mol. The van der Waals surface area contributed by atoms with E-state index in [1.807, 2.05) is 34.6 Å². The molecule has 1 saturated heterocycles.